The van der Waals surface area contributed by atoms with E-state index in [9.17, 15) is 0 Å². The van der Waals surface area contributed by atoms with Crippen molar-refractivity contribution in [3.63, 3.8) is 0 Å². The molecule has 5 heteroatoms. The summed E-state index contributed by atoms with van der Waals surface area (Å²) in [4.78, 5) is 7.34. The molecule has 0 amide bonds. The second-order valence-electron chi connectivity index (χ2n) is 4.56. The minimum absolute atomic E-state index is 0.457. The fraction of sp³-hybridized carbons (Fsp3) is 0.0625. The van der Waals surface area contributed by atoms with Gasteiger partial charge in [0.05, 0.1) is 9.77 Å². The molecule has 0 spiro atoms. The van der Waals surface area contributed by atoms with Crippen LogP contribution in [0.4, 0.5) is 5.69 Å². The SMILES string of the molecule is Nc1ccccc1-c1c(I)cnn1OCc1ccccc1. The zero-order chi connectivity index (χ0) is 14.7. The number of hydrogen-bond acceptors (Lipinski definition) is 3. The molecule has 1 heterocycles. The number of para-hydroxylation sites is 1. The summed E-state index contributed by atoms with van der Waals surface area (Å²) in [6.07, 6.45) is 1.77. The Morgan fingerprint density at radius 2 is 1.76 bits per heavy atom. The molecule has 2 aromatic carbocycles. The van der Waals surface area contributed by atoms with Crippen LogP contribution in [-0.4, -0.2) is 9.94 Å². The summed E-state index contributed by atoms with van der Waals surface area (Å²) >= 11 is 2.24. The van der Waals surface area contributed by atoms with Gasteiger partial charge in [0.25, 0.3) is 0 Å². The van der Waals surface area contributed by atoms with Gasteiger partial charge in [-0.15, -0.1) is 5.10 Å². The molecule has 0 fully saturated rings. The molecule has 4 nitrogen and oxygen atoms in total. The normalized spacial score (nSPS) is 10.5. The third-order valence-corrected chi connectivity index (χ3v) is 3.90. The molecule has 0 aliphatic rings. The van der Waals surface area contributed by atoms with Crippen LogP contribution < -0.4 is 10.6 Å². The summed E-state index contributed by atoms with van der Waals surface area (Å²) in [6.45, 7) is 0.457. The molecule has 0 bridgehead atoms. The van der Waals surface area contributed by atoms with Crippen LogP contribution in [0.3, 0.4) is 0 Å². The fourth-order valence-corrected chi connectivity index (χ4v) is 2.69. The van der Waals surface area contributed by atoms with Crippen LogP contribution in [0.1, 0.15) is 5.56 Å². The van der Waals surface area contributed by atoms with E-state index in [2.05, 4.69) is 27.7 Å². The molecule has 2 N–H and O–H groups in total. The first-order valence-corrected chi connectivity index (χ1v) is 7.59. The molecule has 0 saturated heterocycles. The molecule has 0 unspecified atom stereocenters. The summed E-state index contributed by atoms with van der Waals surface area (Å²) in [6, 6.07) is 17.7. The van der Waals surface area contributed by atoms with Crippen molar-refractivity contribution in [2.45, 2.75) is 6.61 Å². The van der Waals surface area contributed by atoms with E-state index >= 15 is 0 Å². The van der Waals surface area contributed by atoms with Crippen LogP contribution in [0.15, 0.2) is 60.8 Å². The molecule has 21 heavy (non-hydrogen) atoms. The molecule has 3 rings (SSSR count). The summed E-state index contributed by atoms with van der Waals surface area (Å²) < 4.78 is 0.999. The zero-order valence-electron chi connectivity index (χ0n) is 11.2. The van der Waals surface area contributed by atoms with E-state index in [-0.39, 0.29) is 0 Å². The lowest BCUT2D eigenvalue weighted by Crippen LogP contribution is -2.14. The highest BCUT2D eigenvalue weighted by Gasteiger charge is 2.14. The predicted octanol–water partition coefficient (Wildman–Crippen LogP) is 3.37. The number of halogens is 1. The van der Waals surface area contributed by atoms with E-state index < -0.39 is 0 Å². The van der Waals surface area contributed by atoms with Crippen LogP contribution in [0.2, 0.25) is 0 Å². The first-order valence-electron chi connectivity index (χ1n) is 6.51. The van der Waals surface area contributed by atoms with Crippen molar-refractivity contribution >= 4 is 28.3 Å². The summed E-state index contributed by atoms with van der Waals surface area (Å²) in [7, 11) is 0. The number of nitrogens with two attached hydrogens (primary N) is 1. The molecule has 0 radical (unpaired) electrons. The lowest BCUT2D eigenvalue weighted by molar-refractivity contribution is 0.0736. The second-order valence-corrected chi connectivity index (χ2v) is 5.72. The highest BCUT2D eigenvalue weighted by molar-refractivity contribution is 14.1. The third kappa shape index (κ3) is 3.02. The zero-order valence-corrected chi connectivity index (χ0v) is 13.4. The average molecular weight is 391 g/mol. The molecule has 0 atom stereocenters. The smallest absolute Gasteiger partial charge is 0.142 e. The van der Waals surface area contributed by atoms with Crippen molar-refractivity contribution in [2.24, 2.45) is 0 Å². The van der Waals surface area contributed by atoms with Crippen molar-refractivity contribution < 1.29 is 4.84 Å². The van der Waals surface area contributed by atoms with Gasteiger partial charge in [-0.1, -0.05) is 53.4 Å². The summed E-state index contributed by atoms with van der Waals surface area (Å²) in [5, 5.41) is 4.28. The first-order chi connectivity index (χ1) is 10.3. The van der Waals surface area contributed by atoms with Gasteiger partial charge in [0.15, 0.2) is 0 Å². The Morgan fingerprint density at radius 3 is 2.52 bits per heavy atom. The second kappa shape index (κ2) is 6.17. The number of aromatic nitrogens is 2. The monoisotopic (exact) mass is 391 g/mol. The number of anilines is 1. The van der Waals surface area contributed by atoms with E-state index in [1.807, 2.05) is 54.6 Å². The Kier molecular flexibility index (Phi) is 4.10. The van der Waals surface area contributed by atoms with Crippen LogP contribution in [-0.2, 0) is 6.61 Å². The van der Waals surface area contributed by atoms with E-state index in [0.29, 0.717) is 12.3 Å². The third-order valence-electron chi connectivity index (χ3n) is 3.11. The van der Waals surface area contributed by atoms with Crippen molar-refractivity contribution in [1.29, 1.82) is 0 Å². The van der Waals surface area contributed by atoms with Gasteiger partial charge < -0.3 is 10.6 Å². The van der Waals surface area contributed by atoms with Gasteiger partial charge >= 0.3 is 0 Å². The number of hydrogen-bond donors (Lipinski definition) is 1. The minimum Gasteiger partial charge on any atom is -0.398 e. The van der Waals surface area contributed by atoms with E-state index in [0.717, 1.165) is 20.4 Å². The van der Waals surface area contributed by atoms with Crippen LogP contribution in [0.5, 0.6) is 0 Å². The quantitative estimate of drug-likeness (QED) is 0.548. The molecular weight excluding hydrogens is 377 g/mol. The maximum absolute atomic E-state index is 6.06. The Balaban J connectivity index is 1.89. The Labute approximate surface area is 136 Å². The van der Waals surface area contributed by atoms with Gasteiger partial charge in [-0.05, 0) is 34.2 Å². The van der Waals surface area contributed by atoms with Crippen LogP contribution >= 0.6 is 22.6 Å². The van der Waals surface area contributed by atoms with Gasteiger partial charge in [0, 0.05) is 11.3 Å². The maximum atomic E-state index is 6.06. The van der Waals surface area contributed by atoms with Crippen LogP contribution in [0.25, 0.3) is 11.3 Å². The van der Waals surface area contributed by atoms with Gasteiger partial charge in [-0.25, -0.2) is 0 Å². The Morgan fingerprint density at radius 1 is 1.05 bits per heavy atom. The summed E-state index contributed by atoms with van der Waals surface area (Å²) in [5.41, 5.74) is 9.66. The lowest BCUT2D eigenvalue weighted by Gasteiger charge is -2.11. The fourth-order valence-electron chi connectivity index (χ4n) is 2.07. The van der Waals surface area contributed by atoms with Crippen molar-refractivity contribution in [3.05, 3.63) is 69.9 Å². The van der Waals surface area contributed by atoms with Gasteiger partial charge in [-0.3, -0.25) is 0 Å². The standard InChI is InChI=1S/C16H14IN3O/c17-14-10-19-20(21-11-12-6-2-1-3-7-12)16(14)13-8-4-5-9-15(13)18/h1-10H,11,18H2. The average Bonchev–Trinajstić information content (AvgIpc) is 2.88. The minimum atomic E-state index is 0.457. The summed E-state index contributed by atoms with van der Waals surface area (Å²) in [5.74, 6) is 0. The van der Waals surface area contributed by atoms with E-state index in [4.69, 9.17) is 10.6 Å². The highest BCUT2D eigenvalue weighted by atomic mass is 127. The number of rotatable bonds is 4. The molecule has 0 aliphatic carbocycles. The molecule has 0 saturated carbocycles. The van der Waals surface area contributed by atoms with E-state index in [1.165, 1.54) is 0 Å². The molecule has 3 aromatic rings. The molecule has 1 aromatic heterocycles. The number of nitrogens with zero attached hydrogens (tertiary/aromatic N) is 2. The molecule has 106 valence electrons. The van der Waals surface area contributed by atoms with Gasteiger partial charge in [0.2, 0.25) is 0 Å². The van der Waals surface area contributed by atoms with Crippen LogP contribution in [0, 0.1) is 3.57 Å². The lowest BCUT2D eigenvalue weighted by atomic mass is 10.1. The van der Waals surface area contributed by atoms with Gasteiger partial charge in [-0.2, -0.15) is 0 Å². The molecule has 0 aliphatic heterocycles. The highest BCUT2D eigenvalue weighted by Crippen LogP contribution is 2.29. The van der Waals surface area contributed by atoms with Crippen molar-refractivity contribution in [1.82, 2.24) is 9.94 Å². The Bertz CT molecular complexity index is 740. The largest absolute Gasteiger partial charge is 0.398 e. The predicted molar refractivity (Wildman–Crippen MR) is 91.5 cm³/mol. The van der Waals surface area contributed by atoms with E-state index in [1.54, 1.807) is 11.0 Å². The van der Waals surface area contributed by atoms with Crippen molar-refractivity contribution in [2.75, 3.05) is 5.73 Å². The first kappa shape index (κ1) is 13.9. The molecular formula is C16H14IN3O. The topological polar surface area (TPSA) is 53.1 Å². The maximum Gasteiger partial charge on any atom is 0.142 e. The van der Waals surface area contributed by atoms with Crippen molar-refractivity contribution in [3.8, 4) is 11.3 Å². The van der Waals surface area contributed by atoms with Gasteiger partial charge in [0.1, 0.15) is 12.3 Å². The Hall–Kier alpha value is -2.02. The number of nitrogen functional groups attached to an aromatic ring is 1. The number of benzene rings is 2.